The number of benzene rings is 2. The first kappa shape index (κ1) is 26.0. The quantitative estimate of drug-likeness (QED) is 0.162. The number of hydrogen-bond acceptors (Lipinski definition) is 2. The lowest BCUT2D eigenvalue weighted by atomic mass is 9.99. The summed E-state index contributed by atoms with van der Waals surface area (Å²) in [5.41, 5.74) is 1.26. The normalized spacial score (nSPS) is 12.3. The number of fused-ring (bicyclic) bond motifs is 1. The molecule has 0 saturated heterocycles. The Bertz CT molecular complexity index is 743. The van der Waals surface area contributed by atoms with Crippen molar-refractivity contribution in [2.24, 2.45) is 5.92 Å². The highest BCUT2D eigenvalue weighted by Gasteiger charge is 2.15. The Hall–Kier alpha value is -1.22. The highest BCUT2D eigenvalue weighted by atomic mass is 79.9. The summed E-state index contributed by atoms with van der Waals surface area (Å²) in [6.45, 7) is 8.35. The van der Waals surface area contributed by atoms with Gasteiger partial charge in [0.25, 0.3) is 0 Å². The molecule has 0 aliphatic carbocycles. The first-order chi connectivity index (χ1) is 15.2. The molecule has 0 amide bonds. The average molecular weight is 492 g/mol. The fraction of sp³-hybridized carbons (Fsp3) is 0.643. The molecule has 0 N–H and O–H groups in total. The van der Waals surface area contributed by atoms with Gasteiger partial charge >= 0.3 is 0 Å². The lowest BCUT2D eigenvalue weighted by Crippen LogP contribution is -2.12. The molecule has 1 unspecified atom stereocenters. The maximum absolute atomic E-state index is 6.48. The van der Waals surface area contributed by atoms with Gasteiger partial charge in [-0.25, -0.2) is 0 Å². The highest BCUT2D eigenvalue weighted by Crippen LogP contribution is 2.37. The van der Waals surface area contributed by atoms with Gasteiger partial charge in [0.05, 0.1) is 13.2 Å². The minimum absolute atomic E-state index is 0.633. The van der Waals surface area contributed by atoms with Crippen LogP contribution in [0.4, 0.5) is 0 Å². The van der Waals surface area contributed by atoms with Crippen molar-refractivity contribution in [3.63, 3.8) is 0 Å². The summed E-state index contributed by atoms with van der Waals surface area (Å²) in [6, 6.07) is 10.8. The van der Waals surface area contributed by atoms with Crippen molar-refractivity contribution < 1.29 is 9.47 Å². The molecule has 31 heavy (non-hydrogen) atoms. The molecule has 0 saturated carbocycles. The number of rotatable bonds is 17. The zero-order valence-electron chi connectivity index (χ0n) is 20.1. The molecule has 0 aromatic heterocycles. The van der Waals surface area contributed by atoms with Crippen LogP contribution in [0.15, 0.2) is 30.3 Å². The predicted molar refractivity (Wildman–Crippen MR) is 139 cm³/mol. The number of aryl methyl sites for hydroxylation is 1. The zero-order chi connectivity index (χ0) is 22.3. The Kier molecular flexibility index (Phi) is 13.1. The van der Waals surface area contributed by atoms with Gasteiger partial charge in [0, 0.05) is 16.1 Å². The summed E-state index contributed by atoms with van der Waals surface area (Å²) in [5.74, 6) is 2.71. The Labute approximate surface area is 199 Å². The van der Waals surface area contributed by atoms with E-state index in [2.05, 4.69) is 67.0 Å². The minimum Gasteiger partial charge on any atom is -0.493 e. The van der Waals surface area contributed by atoms with Gasteiger partial charge in [-0.2, -0.15) is 0 Å². The minimum atomic E-state index is 0.633. The Morgan fingerprint density at radius 1 is 0.839 bits per heavy atom. The van der Waals surface area contributed by atoms with Crippen LogP contribution >= 0.6 is 15.9 Å². The topological polar surface area (TPSA) is 18.5 Å². The summed E-state index contributed by atoms with van der Waals surface area (Å²) in [7, 11) is 0. The van der Waals surface area contributed by atoms with Crippen LogP contribution in [0.3, 0.4) is 0 Å². The Morgan fingerprint density at radius 3 is 2.23 bits per heavy atom. The monoisotopic (exact) mass is 490 g/mol. The van der Waals surface area contributed by atoms with E-state index < -0.39 is 0 Å². The first-order valence-electron chi connectivity index (χ1n) is 12.6. The van der Waals surface area contributed by atoms with Crippen LogP contribution in [-0.4, -0.2) is 18.5 Å². The first-order valence-corrected chi connectivity index (χ1v) is 13.7. The number of halogens is 1. The van der Waals surface area contributed by atoms with E-state index in [0.29, 0.717) is 5.92 Å². The second-order valence-corrected chi connectivity index (χ2v) is 9.44. The van der Waals surface area contributed by atoms with Crippen LogP contribution in [0.5, 0.6) is 11.5 Å². The lowest BCUT2D eigenvalue weighted by Gasteiger charge is -2.20. The van der Waals surface area contributed by atoms with Crippen LogP contribution in [0.25, 0.3) is 10.8 Å². The molecule has 3 heteroatoms. The van der Waals surface area contributed by atoms with Gasteiger partial charge in [0.1, 0.15) is 11.5 Å². The molecular weight excluding hydrogens is 448 g/mol. The summed E-state index contributed by atoms with van der Waals surface area (Å²) in [6.07, 6.45) is 13.5. The average Bonchev–Trinajstić information content (AvgIpc) is 2.81. The molecule has 0 spiro atoms. The standard InChI is InChI=1S/C28H43BrO2/c1-4-7-16-23(5-2)22-31-28-24(6-3)21-27(25-17-12-13-18-26(25)28)30-20-15-11-9-8-10-14-19-29/h12-13,17-18,21,23H,4-11,14-16,19-20,22H2,1-3H3. The van der Waals surface area contributed by atoms with Gasteiger partial charge in [0.2, 0.25) is 0 Å². The van der Waals surface area contributed by atoms with Crippen molar-refractivity contribution in [2.45, 2.75) is 91.4 Å². The van der Waals surface area contributed by atoms with Crippen molar-refractivity contribution in [1.82, 2.24) is 0 Å². The van der Waals surface area contributed by atoms with E-state index >= 15 is 0 Å². The second kappa shape index (κ2) is 15.6. The third-order valence-corrected chi connectivity index (χ3v) is 6.77. The maximum Gasteiger partial charge on any atom is 0.130 e. The van der Waals surface area contributed by atoms with Crippen LogP contribution in [0.1, 0.15) is 90.5 Å². The van der Waals surface area contributed by atoms with E-state index in [-0.39, 0.29) is 0 Å². The summed E-state index contributed by atoms with van der Waals surface area (Å²) >= 11 is 3.51. The third kappa shape index (κ3) is 8.67. The van der Waals surface area contributed by atoms with E-state index in [1.54, 1.807) is 0 Å². The van der Waals surface area contributed by atoms with Gasteiger partial charge in [0.15, 0.2) is 0 Å². The molecule has 0 aliphatic heterocycles. The molecular formula is C28H43BrO2. The molecule has 0 bridgehead atoms. The lowest BCUT2D eigenvalue weighted by molar-refractivity contribution is 0.233. The van der Waals surface area contributed by atoms with Crippen LogP contribution in [0.2, 0.25) is 0 Å². The van der Waals surface area contributed by atoms with E-state index in [1.165, 1.54) is 74.1 Å². The Balaban J connectivity index is 2.04. The molecule has 174 valence electrons. The summed E-state index contributed by atoms with van der Waals surface area (Å²) < 4.78 is 12.8. The van der Waals surface area contributed by atoms with Crippen molar-refractivity contribution in [1.29, 1.82) is 0 Å². The predicted octanol–water partition coefficient (Wildman–Crippen LogP) is 9.11. The van der Waals surface area contributed by atoms with E-state index in [4.69, 9.17) is 9.47 Å². The summed E-state index contributed by atoms with van der Waals surface area (Å²) in [4.78, 5) is 0. The van der Waals surface area contributed by atoms with Gasteiger partial charge in [-0.15, -0.1) is 0 Å². The molecule has 0 heterocycles. The maximum atomic E-state index is 6.48. The Morgan fingerprint density at radius 2 is 1.55 bits per heavy atom. The molecule has 2 nitrogen and oxygen atoms in total. The molecule has 2 aromatic rings. The fourth-order valence-corrected chi connectivity index (χ4v) is 4.50. The smallest absolute Gasteiger partial charge is 0.130 e. The van der Waals surface area contributed by atoms with E-state index in [1.807, 2.05) is 0 Å². The van der Waals surface area contributed by atoms with Crippen LogP contribution in [0, 0.1) is 5.92 Å². The van der Waals surface area contributed by atoms with Crippen molar-refractivity contribution in [3.05, 3.63) is 35.9 Å². The molecule has 2 rings (SSSR count). The van der Waals surface area contributed by atoms with E-state index in [0.717, 1.165) is 42.9 Å². The summed E-state index contributed by atoms with van der Waals surface area (Å²) in [5, 5.41) is 3.49. The second-order valence-electron chi connectivity index (χ2n) is 8.65. The van der Waals surface area contributed by atoms with Gasteiger partial charge < -0.3 is 9.47 Å². The van der Waals surface area contributed by atoms with Crippen LogP contribution < -0.4 is 9.47 Å². The third-order valence-electron chi connectivity index (χ3n) is 6.21. The van der Waals surface area contributed by atoms with Crippen LogP contribution in [-0.2, 0) is 6.42 Å². The molecule has 1 atom stereocenters. The van der Waals surface area contributed by atoms with E-state index in [9.17, 15) is 0 Å². The van der Waals surface area contributed by atoms with Crippen molar-refractivity contribution in [3.8, 4) is 11.5 Å². The number of unbranched alkanes of at least 4 members (excludes halogenated alkanes) is 6. The van der Waals surface area contributed by atoms with Gasteiger partial charge in [-0.3, -0.25) is 0 Å². The largest absolute Gasteiger partial charge is 0.493 e. The fourth-order valence-electron chi connectivity index (χ4n) is 4.11. The number of hydrogen-bond donors (Lipinski definition) is 0. The zero-order valence-corrected chi connectivity index (χ0v) is 21.6. The van der Waals surface area contributed by atoms with Crippen molar-refractivity contribution in [2.75, 3.05) is 18.5 Å². The van der Waals surface area contributed by atoms with Gasteiger partial charge in [-0.1, -0.05) is 106 Å². The highest BCUT2D eigenvalue weighted by molar-refractivity contribution is 9.09. The molecule has 0 fully saturated rings. The SMILES string of the molecule is CCCCC(CC)COc1c(CC)cc(OCCCCCCCCBr)c2ccccc12. The molecule has 0 aliphatic rings. The van der Waals surface area contributed by atoms with Gasteiger partial charge in [-0.05, 0) is 43.2 Å². The molecule has 2 aromatic carbocycles. The van der Waals surface area contributed by atoms with Crippen molar-refractivity contribution >= 4 is 26.7 Å². The molecule has 0 radical (unpaired) electrons. The number of alkyl halides is 1. The number of ether oxygens (including phenoxy) is 2.